The summed E-state index contributed by atoms with van der Waals surface area (Å²) in [7, 11) is 1.55. The number of primary amides is 1. The van der Waals surface area contributed by atoms with Gasteiger partial charge in [0, 0.05) is 11.3 Å². The van der Waals surface area contributed by atoms with Crippen LogP contribution in [0.15, 0.2) is 33.8 Å². The number of carbonyl (C=O) groups is 2. The van der Waals surface area contributed by atoms with Gasteiger partial charge >= 0.3 is 0 Å². The third kappa shape index (κ3) is 3.72. The second-order valence-electron chi connectivity index (χ2n) is 4.07. The Kier molecular flexibility index (Phi) is 4.43. The Labute approximate surface area is 123 Å². The summed E-state index contributed by atoms with van der Waals surface area (Å²) < 4.78 is 5.71. The average molecular weight is 308 g/mol. The number of hydrogen-bond acceptors (Lipinski definition) is 6. The van der Waals surface area contributed by atoms with Gasteiger partial charge in [-0.15, -0.1) is 0 Å². The molecular formula is C12H12N4O4S. The number of amides is 2. The van der Waals surface area contributed by atoms with Gasteiger partial charge in [0.1, 0.15) is 0 Å². The number of benzene rings is 1. The van der Waals surface area contributed by atoms with Crippen molar-refractivity contribution in [1.29, 1.82) is 0 Å². The lowest BCUT2D eigenvalue weighted by Gasteiger charge is -2.04. The highest BCUT2D eigenvalue weighted by molar-refractivity contribution is 7.99. The van der Waals surface area contributed by atoms with Gasteiger partial charge in [0.05, 0.1) is 11.0 Å². The van der Waals surface area contributed by atoms with Crippen molar-refractivity contribution in [1.82, 2.24) is 5.27 Å². The first-order valence-electron chi connectivity index (χ1n) is 5.83. The molecule has 0 fully saturated rings. The molecule has 21 heavy (non-hydrogen) atoms. The van der Waals surface area contributed by atoms with Crippen molar-refractivity contribution in [3.63, 3.8) is 0 Å². The normalized spacial score (nSPS) is 10.3. The number of thioether (sulfide) groups is 1. The maximum Gasteiger partial charge on any atom is 0.291 e. The van der Waals surface area contributed by atoms with Crippen LogP contribution in [0.25, 0.3) is 0 Å². The van der Waals surface area contributed by atoms with Crippen LogP contribution in [0.5, 0.6) is 5.95 Å². The van der Waals surface area contributed by atoms with E-state index in [2.05, 4.69) is 15.1 Å². The van der Waals surface area contributed by atoms with Crippen LogP contribution in [0.2, 0.25) is 0 Å². The van der Waals surface area contributed by atoms with E-state index in [0.29, 0.717) is 11.3 Å². The predicted octanol–water partition coefficient (Wildman–Crippen LogP) is -0.598. The maximum atomic E-state index is 11.8. The van der Waals surface area contributed by atoms with Crippen LogP contribution < -0.4 is 20.8 Å². The summed E-state index contributed by atoms with van der Waals surface area (Å²) in [6, 6.07) is 6.17. The Balaban J connectivity index is 1.91. The van der Waals surface area contributed by atoms with E-state index in [4.69, 9.17) is 5.73 Å². The summed E-state index contributed by atoms with van der Waals surface area (Å²) in [4.78, 5) is 22.7. The van der Waals surface area contributed by atoms with Crippen LogP contribution in [0.3, 0.4) is 0 Å². The van der Waals surface area contributed by atoms with Crippen LogP contribution in [0.4, 0.5) is 5.69 Å². The van der Waals surface area contributed by atoms with E-state index in [-0.39, 0.29) is 16.7 Å². The first-order chi connectivity index (χ1) is 9.97. The molecule has 1 aromatic heterocycles. The minimum absolute atomic E-state index is 0.0296. The van der Waals surface area contributed by atoms with E-state index in [1.165, 1.54) is 16.8 Å². The molecule has 0 aliphatic rings. The molecule has 0 saturated heterocycles. The van der Waals surface area contributed by atoms with Crippen molar-refractivity contribution in [2.24, 2.45) is 12.8 Å². The monoisotopic (exact) mass is 308 g/mol. The molecular weight excluding hydrogens is 296 g/mol. The van der Waals surface area contributed by atoms with Gasteiger partial charge < -0.3 is 20.7 Å². The van der Waals surface area contributed by atoms with Gasteiger partial charge in [-0.25, -0.2) is 0 Å². The van der Waals surface area contributed by atoms with Gasteiger partial charge in [-0.1, -0.05) is 4.68 Å². The number of aryl methyl sites for hydroxylation is 1. The van der Waals surface area contributed by atoms with E-state index in [0.717, 1.165) is 11.8 Å². The minimum atomic E-state index is -0.582. The van der Waals surface area contributed by atoms with Crippen molar-refractivity contribution in [2.45, 2.75) is 5.03 Å². The molecule has 9 heteroatoms. The summed E-state index contributed by atoms with van der Waals surface area (Å²) in [5.74, 6) is -1.39. The maximum absolute atomic E-state index is 11.8. The molecule has 110 valence electrons. The molecule has 2 aromatic rings. The van der Waals surface area contributed by atoms with Gasteiger partial charge in [0.15, 0.2) is 13.0 Å². The molecule has 2 amide bonds. The molecule has 0 radical (unpaired) electrons. The molecule has 0 bridgehead atoms. The van der Waals surface area contributed by atoms with Crippen molar-refractivity contribution in [3.05, 3.63) is 29.8 Å². The largest absolute Gasteiger partial charge is 0.538 e. The van der Waals surface area contributed by atoms with Crippen molar-refractivity contribution >= 4 is 29.3 Å². The number of hydrogen-bond donors (Lipinski definition) is 2. The first-order valence-corrected chi connectivity index (χ1v) is 6.81. The number of anilines is 1. The first kappa shape index (κ1) is 14.9. The molecule has 3 N–H and O–H groups in total. The Hall–Kier alpha value is -2.55. The summed E-state index contributed by atoms with van der Waals surface area (Å²) in [6.45, 7) is 0. The van der Waals surface area contributed by atoms with Gasteiger partial charge in [-0.05, 0) is 36.0 Å². The number of carbonyl (C=O) groups excluding carboxylic acids is 2. The number of nitrogens with zero attached hydrogens (tertiary/aromatic N) is 2. The lowest BCUT2D eigenvalue weighted by atomic mass is 10.2. The molecule has 0 saturated carbocycles. The number of rotatable bonds is 5. The van der Waals surface area contributed by atoms with Crippen molar-refractivity contribution in [3.8, 4) is 5.95 Å². The van der Waals surface area contributed by atoms with Crippen LogP contribution in [0.1, 0.15) is 10.4 Å². The molecule has 0 unspecified atom stereocenters. The van der Waals surface area contributed by atoms with Gasteiger partial charge in [-0.2, -0.15) is 0 Å². The Morgan fingerprint density at radius 3 is 2.62 bits per heavy atom. The molecule has 2 rings (SSSR count). The zero-order chi connectivity index (χ0) is 15.4. The highest BCUT2D eigenvalue weighted by Crippen LogP contribution is 2.21. The summed E-state index contributed by atoms with van der Waals surface area (Å²) in [6.07, 6.45) is 0. The Bertz CT molecular complexity index is 649. The summed E-state index contributed by atoms with van der Waals surface area (Å²) in [5, 5.41) is 17.6. The zero-order valence-corrected chi connectivity index (χ0v) is 11.8. The fourth-order valence-corrected chi connectivity index (χ4v) is 2.22. The lowest BCUT2D eigenvalue weighted by molar-refractivity contribution is -0.772. The van der Waals surface area contributed by atoms with Crippen LogP contribution in [-0.2, 0) is 11.8 Å². The molecule has 0 aliphatic heterocycles. The molecule has 0 aliphatic carbocycles. The number of nitrogens with two attached hydrogens (primary N) is 1. The summed E-state index contributed by atoms with van der Waals surface area (Å²) >= 11 is 1.02. The smallest absolute Gasteiger partial charge is 0.291 e. The van der Waals surface area contributed by atoms with E-state index in [1.54, 1.807) is 19.2 Å². The van der Waals surface area contributed by atoms with E-state index < -0.39 is 11.9 Å². The molecule has 1 heterocycles. The van der Waals surface area contributed by atoms with Gasteiger partial charge in [0.25, 0.3) is 5.03 Å². The Morgan fingerprint density at radius 1 is 1.43 bits per heavy atom. The quantitative estimate of drug-likeness (QED) is 0.561. The van der Waals surface area contributed by atoms with Gasteiger partial charge in [-0.3, -0.25) is 9.59 Å². The van der Waals surface area contributed by atoms with E-state index in [9.17, 15) is 14.7 Å². The fraction of sp³-hybridized carbons (Fsp3) is 0.167. The Morgan fingerprint density at radius 2 is 2.10 bits per heavy atom. The standard InChI is InChI=1S/C12H12N4O4S/c1-16-11(12(19)20-15-16)21-6-9(17)14-8-4-2-7(3-5-8)10(13)18/h2-5H,6H2,1H3,(H3-,13,14,15,17,18,19). The van der Waals surface area contributed by atoms with Crippen molar-refractivity contribution < 1.29 is 23.9 Å². The number of aromatic nitrogens is 2. The molecule has 0 spiro atoms. The minimum Gasteiger partial charge on any atom is -0.538 e. The van der Waals surface area contributed by atoms with E-state index in [1.807, 2.05) is 0 Å². The number of nitrogens with one attached hydrogen (secondary N) is 1. The zero-order valence-electron chi connectivity index (χ0n) is 11.0. The predicted molar refractivity (Wildman–Crippen MR) is 71.4 cm³/mol. The SMILES string of the molecule is C[n+]1noc([O-])c1SCC(=O)Nc1ccc(C(N)=O)cc1. The highest BCUT2D eigenvalue weighted by atomic mass is 32.2. The fourth-order valence-electron chi connectivity index (χ4n) is 1.51. The third-order valence-corrected chi connectivity index (χ3v) is 3.62. The highest BCUT2D eigenvalue weighted by Gasteiger charge is 2.16. The lowest BCUT2D eigenvalue weighted by Crippen LogP contribution is -2.32. The van der Waals surface area contributed by atoms with Crippen molar-refractivity contribution in [2.75, 3.05) is 11.1 Å². The van der Waals surface area contributed by atoms with Crippen LogP contribution >= 0.6 is 11.8 Å². The second-order valence-corrected chi connectivity index (χ2v) is 5.03. The summed E-state index contributed by atoms with van der Waals surface area (Å²) in [5.41, 5.74) is 6.01. The van der Waals surface area contributed by atoms with E-state index >= 15 is 0 Å². The topological polar surface area (TPSA) is 125 Å². The third-order valence-electron chi connectivity index (χ3n) is 2.51. The second kappa shape index (κ2) is 6.27. The average Bonchev–Trinajstić information content (AvgIpc) is 2.76. The molecule has 1 aromatic carbocycles. The molecule has 0 atom stereocenters. The van der Waals surface area contributed by atoms with Crippen LogP contribution in [0, 0.1) is 0 Å². The van der Waals surface area contributed by atoms with Gasteiger partial charge in [0.2, 0.25) is 11.8 Å². The van der Waals surface area contributed by atoms with Crippen LogP contribution in [-0.4, -0.2) is 22.8 Å². The molecule has 8 nitrogen and oxygen atoms in total.